The first-order chi connectivity index (χ1) is 9.15. The van der Waals surface area contributed by atoms with Gasteiger partial charge in [-0.2, -0.15) is 0 Å². The first-order valence-electron chi connectivity index (χ1n) is 6.95. The van der Waals surface area contributed by atoms with Crippen LogP contribution in [0.4, 0.5) is 5.69 Å². The van der Waals surface area contributed by atoms with E-state index >= 15 is 0 Å². The molecule has 1 aliphatic rings. The number of aryl methyl sites for hydroxylation is 1. The maximum Gasteiger partial charge on any atom is 0.242 e. The molecule has 1 aromatic rings. The van der Waals surface area contributed by atoms with Crippen LogP contribution < -0.4 is 16.0 Å². The normalized spacial score (nSPS) is 20.1. The Balaban J connectivity index is 2.37. The van der Waals surface area contributed by atoms with Crippen LogP contribution in [-0.4, -0.2) is 31.6 Å². The molecule has 4 heteroatoms. The zero-order valence-electron chi connectivity index (χ0n) is 11.8. The van der Waals surface area contributed by atoms with Gasteiger partial charge in [-0.15, -0.1) is 0 Å². The van der Waals surface area contributed by atoms with E-state index in [0.717, 1.165) is 25.2 Å². The van der Waals surface area contributed by atoms with Crippen LogP contribution in [0.3, 0.4) is 0 Å². The highest BCUT2D eigenvalue weighted by molar-refractivity contribution is 5.86. The molecule has 1 unspecified atom stereocenters. The van der Waals surface area contributed by atoms with Gasteiger partial charge >= 0.3 is 0 Å². The average Bonchev–Trinajstić information content (AvgIpc) is 2.57. The maximum absolute atomic E-state index is 12.2. The van der Waals surface area contributed by atoms with Gasteiger partial charge in [0, 0.05) is 18.8 Å². The van der Waals surface area contributed by atoms with Crippen molar-refractivity contribution in [1.29, 1.82) is 0 Å². The van der Waals surface area contributed by atoms with Crippen LogP contribution in [0.1, 0.15) is 24.0 Å². The summed E-state index contributed by atoms with van der Waals surface area (Å²) < 4.78 is 0. The van der Waals surface area contributed by atoms with E-state index in [0.29, 0.717) is 13.0 Å². The van der Waals surface area contributed by atoms with Crippen LogP contribution in [0.2, 0.25) is 0 Å². The van der Waals surface area contributed by atoms with E-state index in [9.17, 15) is 4.79 Å². The number of amides is 1. The van der Waals surface area contributed by atoms with Crippen molar-refractivity contribution in [2.24, 2.45) is 5.73 Å². The van der Waals surface area contributed by atoms with Crippen molar-refractivity contribution in [2.75, 3.05) is 24.5 Å². The first-order valence-corrected chi connectivity index (χ1v) is 6.95. The standard InChI is InChI=1S/C15H23N3O/c1-11-5-3-6-13(12(11)2)18-10-4-9-17-15(19)14(18)7-8-16/h3,5-6,14H,4,7-10,16H2,1-2H3,(H,17,19). The molecule has 1 aliphatic heterocycles. The van der Waals surface area contributed by atoms with E-state index in [1.54, 1.807) is 0 Å². The lowest BCUT2D eigenvalue weighted by molar-refractivity contribution is -0.122. The van der Waals surface area contributed by atoms with Crippen LogP contribution >= 0.6 is 0 Å². The van der Waals surface area contributed by atoms with E-state index in [-0.39, 0.29) is 11.9 Å². The number of benzene rings is 1. The maximum atomic E-state index is 12.2. The molecule has 1 amide bonds. The predicted molar refractivity (Wildman–Crippen MR) is 78.3 cm³/mol. The summed E-state index contributed by atoms with van der Waals surface area (Å²) in [6, 6.07) is 6.12. The van der Waals surface area contributed by atoms with Gasteiger partial charge in [0.1, 0.15) is 6.04 Å². The van der Waals surface area contributed by atoms with Crippen molar-refractivity contribution in [1.82, 2.24) is 5.32 Å². The Morgan fingerprint density at radius 2 is 2.21 bits per heavy atom. The summed E-state index contributed by atoms with van der Waals surface area (Å²) >= 11 is 0. The number of anilines is 1. The molecular formula is C15H23N3O. The van der Waals surface area contributed by atoms with Crippen LogP contribution in [0.15, 0.2) is 18.2 Å². The monoisotopic (exact) mass is 261 g/mol. The molecule has 0 aliphatic carbocycles. The smallest absolute Gasteiger partial charge is 0.242 e. The van der Waals surface area contributed by atoms with Crippen molar-refractivity contribution < 1.29 is 4.79 Å². The summed E-state index contributed by atoms with van der Waals surface area (Å²) in [5.74, 6) is 0.101. The van der Waals surface area contributed by atoms with Crippen LogP contribution in [-0.2, 0) is 4.79 Å². The van der Waals surface area contributed by atoms with Gasteiger partial charge < -0.3 is 16.0 Å². The molecule has 4 nitrogen and oxygen atoms in total. The van der Waals surface area contributed by atoms with Crippen LogP contribution in [0.25, 0.3) is 0 Å². The molecule has 0 bridgehead atoms. The number of nitrogens with two attached hydrogens (primary N) is 1. The zero-order valence-corrected chi connectivity index (χ0v) is 11.8. The van der Waals surface area contributed by atoms with E-state index in [4.69, 9.17) is 5.73 Å². The van der Waals surface area contributed by atoms with Crippen molar-refractivity contribution in [2.45, 2.75) is 32.7 Å². The number of nitrogens with zero attached hydrogens (tertiary/aromatic N) is 1. The van der Waals surface area contributed by atoms with Gasteiger partial charge in [0.15, 0.2) is 0 Å². The van der Waals surface area contributed by atoms with Crippen molar-refractivity contribution in [3.05, 3.63) is 29.3 Å². The highest BCUT2D eigenvalue weighted by atomic mass is 16.2. The lowest BCUT2D eigenvalue weighted by Gasteiger charge is -2.32. The highest BCUT2D eigenvalue weighted by Gasteiger charge is 2.28. The third-order valence-electron chi connectivity index (χ3n) is 3.88. The fourth-order valence-electron chi connectivity index (χ4n) is 2.66. The first kappa shape index (κ1) is 13.9. The summed E-state index contributed by atoms with van der Waals surface area (Å²) in [5, 5.41) is 2.98. The molecule has 0 aromatic heterocycles. The summed E-state index contributed by atoms with van der Waals surface area (Å²) in [5.41, 5.74) is 9.34. The molecule has 1 aromatic carbocycles. The molecule has 104 valence electrons. The summed E-state index contributed by atoms with van der Waals surface area (Å²) in [4.78, 5) is 14.4. The second kappa shape index (κ2) is 6.06. The highest BCUT2D eigenvalue weighted by Crippen LogP contribution is 2.26. The topological polar surface area (TPSA) is 58.4 Å². The summed E-state index contributed by atoms with van der Waals surface area (Å²) in [6.07, 6.45) is 1.67. The number of hydrogen-bond donors (Lipinski definition) is 2. The lowest BCUT2D eigenvalue weighted by atomic mass is 10.0. The summed E-state index contributed by atoms with van der Waals surface area (Å²) in [6.45, 7) is 6.40. The van der Waals surface area contributed by atoms with Gasteiger partial charge in [0.2, 0.25) is 5.91 Å². The van der Waals surface area contributed by atoms with Gasteiger partial charge in [0.05, 0.1) is 0 Å². The zero-order chi connectivity index (χ0) is 13.8. The Hall–Kier alpha value is -1.55. The minimum absolute atomic E-state index is 0.101. The third-order valence-corrected chi connectivity index (χ3v) is 3.88. The number of hydrogen-bond acceptors (Lipinski definition) is 3. The average molecular weight is 261 g/mol. The van der Waals surface area contributed by atoms with Gasteiger partial charge in [0.25, 0.3) is 0 Å². The quantitative estimate of drug-likeness (QED) is 0.863. The van der Waals surface area contributed by atoms with E-state index in [2.05, 4.69) is 42.3 Å². The van der Waals surface area contributed by atoms with Gasteiger partial charge in [-0.05, 0) is 50.4 Å². The van der Waals surface area contributed by atoms with Crippen molar-refractivity contribution in [3.8, 4) is 0 Å². The molecule has 0 spiro atoms. The van der Waals surface area contributed by atoms with E-state index < -0.39 is 0 Å². The van der Waals surface area contributed by atoms with Gasteiger partial charge in [-0.25, -0.2) is 0 Å². The SMILES string of the molecule is Cc1cccc(N2CCCNC(=O)C2CCN)c1C. The Bertz CT molecular complexity index is 459. The minimum Gasteiger partial charge on any atom is -0.359 e. The molecule has 1 fully saturated rings. The fourth-order valence-corrected chi connectivity index (χ4v) is 2.66. The lowest BCUT2D eigenvalue weighted by Crippen LogP contribution is -2.45. The molecule has 1 saturated heterocycles. The number of rotatable bonds is 3. The predicted octanol–water partition coefficient (Wildman–Crippen LogP) is 1.35. The summed E-state index contributed by atoms with van der Waals surface area (Å²) in [7, 11) is 0. The molecule has 19 heavy (non-hydrogen) atoms. The van der Waals surface area contributed by atoms with Crippen molar-refractivity contribution >= 4 is 11.6 Å². The van der Waals surface area contributed by atoms with Crippen LogP contribution in [0, 0.1) is 13.8 Å². The van der Waals surface area contributed by atoms with Crippen molar-refractivity contribution in [3.63, 3.8) is 0 Å². The second-order valence-electron chi connectivity index (χ2n) is 5.15. The number of carbonyl (C=O) groups is 1. The Morgan fingerprint density at radius 3 is 2.95 bits per heavy atom. The van der Waals surface area contributed by atoms with E-state index in [1.807, 2.05) is 0 Å². The molecule has 0 radical (unpaired) electrons. The Kier molecular flexibility index (Phi) is 4.43. The number of nitrogens with one attached hydrogen (secondary N) is 1. The third kappa shape index (κ3) is 2.89. The Morgan fingerprint density at radius 1 is 1.42 bits per heavy atom. The van der Waals surface area contributed by atoms with Gasteiger partial charge in [-0.3, -0.25) is 4.79 Å². The number of carbonyl (C=O) groups excluding carboxylic acids is 1. The minimum atomic E-state index is -0.145. The molecule has 1 heterocycles. The molecular weight excluding hydrogens is 238 g/mol. The largest absolute Gasteiger partial charge is 0.359 e. The molecule has 2 rings (SSSR count). The van der Waals surface area contributed by atoms with E-state index in [1.165, 1.54) is 11.1 Å². The Labute approximate surface area is 115 Å². The molecule has 3 N–H and O–H groups in total. The molecule has 1 atom stereocenters. The van der Waals surface area contributed by atoms with Crippen LogP contribution in [0.5, 0.6) is 0 Å². The van der Waals surface area contributed by atoms with Gasteiger partial charge in [-0.1, -0.05) is 12.1 Å². The fraction of sp³-hybridized carbons (Fsp3) is 0.533. The second-order valence-corrected chi connectivity index (χ2v) is 5.15. The molecule has 0 saturated carbocycles.